The summed E-state index contributed by atoms with van der Waals surface area (Å²) in [6, 6.07) is 9.28. The first-order valence-corrected chi connectivity index (χ1v) is 9.58. The average Bonchev–Trinajstić information content (AvgIpc) is 2.60. The second kappa shape index (κ2) is 8.41. The molecule has 1 unspecified atom stereocenters. The van der Waals surface area contributed by atoms with Gasteiger partial charge in [0.2, 0.25) is 10.0 Å². The summed E-state index contributed by atoms with van der Waals surface area (Å²) < 4.78 is 31.5. The minimum atomic E-state index is -3.48. The number of benzene rings is 1. The van der Waals surface area contributed by atoms with Gasteiger partial charge in [-0.15, -0.1) is 0 Å². The number of rotatable bonds is 6. The molecular weight excluding hydrogens is 328 g/mol. The van der Waals surface area contributed by atoms with Crippen LogP contribution in [0.2, 0.25) is 0 Å². The predicted octanol–water partition coefficient (Wildman–Crippen LogP) is 1.56. The van der Waals surface area contributed by atoms with E-state index in [0.29, 0.717) is 32.8 Å². The molecule has 1 fully saturated rings. The quantitative estimate of drug-likeness (QED) is 0.779. The van der Waals surface area contributed by atoms with Crippen LogP contribution in [-0.4, -0.2) is 62.4 Å². The minimum Gasteiger partial charge on any atom is -0.369 e. The number of carbonyl (C=O) groups is 1. The monoisotopic (exact) mass is 352 g/mol. The van der Waals surface area contributed by atoms with Gasteiger partial charge in [0.25, 0.3) is 5.91 Å². The number of ether oxygens (including phenoxy) is 1. The molecule has 1 atom stereocenters. The number of nitrogens with zero attached hydrogens (tertiary/aromatic N) is 2. The van der Waals surface area contributed by atoms with Gasteiger partial charge in [0.1, 0.15) is 6.10 Å². The molecule has 6 nitrogen and oxygen atoms in total. The van der Waals surface area contributed by atoms with E-state index in [1.54, 1.807) is 17.9 Å². The van der Waals surface area contributed by atoms with Gasteiger partial charge in [-0.2, -0.15) is 4.31 Å². The highest BCUT2D eigenvalue weighted by Gasteiger charge is 2.29. The zero-order chi connectivity index (χ0) is 17.6. The van der Waals surface area contributed by atoms with Crippen LogP contribution in [0.25, 0.3) is 6.08 Å². The van der Waals surface area contributed by atoms with Gasteiger partial charge in [0.15, 0.2) is 0 Å². The number of amides is 1. The van der Waals surface area contributed by atoms with Crippen molar-refractivity contribution in [1.29, 1.82) is 0 Å². The lowest BCUT2D eigenvalue weighted by atomic mass is 10.2. The van der Waals surface area contributed by atoms with E-state index in [1.807, 2.05) is 37.3 Å². The van der Waals surface area contributed by atoms with E-state index in [2.05, 4.69) is 0 Å². The molecular formula is C17H24N2O4S. The molecule has 0 aromatic heterocycles. The fourth-order valence-corrected chi connectivity index (χ4v) is 3.73. The van der Waals surface area contributed by atoms with Crippen LogP contribution >= 0.6 is 0 Å². The lowest BCUT2D eigenvalue weighted by Gasteiger charge is -2.34. The Balaban J connectivity index is 1.93. The Morgan fingerprint density at radius 2 is 1.83 bits per heavy atom. The third-order valence-electron chi connectivity index (χ3n) is 3.91. The van der Waals surface area contributed by atoms with Gasteiger partial charge >= 0.3 is 0 Å². The summed E-state index contributed by atoms with van der Waals surface area (Å²) in [4.78, 5) is 13.8. The van der Waals surface area contributed by atoms with E-state index < -0.39 is 16.1 Å². The summed E-state index contributed by atoms with van der Waals surface area (Å²) in [5.41, 5.74) is 0.834. The van der Waals surface area contributed by atoms with Crippen LogP contribution in [0.1, 0.15) is 19.4 Å². The zero-order valence-corrected chi connectivity index (χ0v) is 14.9. The number of carbonyl (C=O) groups excluding carboxylic acids is 1. The molecule has 1 saturated heterocycles. The smallest absolute Gasteiger partial charge is 0.251 e. The maximum Gasteiger partial charge on any atom is 0.251 e. The van der Waals surface area contributed by atoms with Crippen molar-refractivity contribution in [2.45, 2.75) is 20.0 Å². The van der Waals surface area contributed by atoms with Crippen LogP contribution in [0.15, 0.2) is 35.7 Å². The van der Waals surface area contributed by atoms with E-state index in [0.717, 1.165) is 5.56 Å². The molecule has 132 valence electrons. The summed E-state index contributed by atoms with van der Waals surface area (Å²) in [5.74, 6) is -0.0891. The van der Waals surface area contributed by atoms with Crippen molar-refractivity contribution in [3.63, 3.8) is 0 Å². The summed E-state index contributed by atoms with van der Waals surface area (Å²) in [6.45, 7) is 5.40. The van der Waals surface area contributed by atoms with E-state index in [1.165, 1.54) is 9.71 Å². The third kappa shape index (κ3) is 4.90. The van der Waals surface area contributed by atoms with Gasteiger partial charge in [0.05, 0.1) is 0 Å². The Bertz CT molecular complexity index is 665. The molecule has 1 aromatic rings. The first-order chi connectivity index (χ1) is 11.4. The maximum atomic E-state index is 12.4. The summed E-state index contributed by atoms with van der Waals surface area (Å²) in [5, 5.41) is 1.22. The lowest BCUT2D eigenvalue weighted by molar-refractivity contribution is -0.143. The molecule has 1 heterocycles. The van der Waals surface area contributed by atoms with Crippen LogP contribution in [0, 0.1) is 0 Å². The third-order valence-corrected chi connectivity index (χ3v) is 5.47. The SMILES string of the molecule is CCOC(C)C(=O)N1CCN(S(=O)(=O)/C=C/c2ccccc2)CC1. The molecule has 24 heavy (non-hydrogen) atoms. The highest BCUT2D eigenvalue weighted by molar-refractivity contribution is 7.92. The van der Waals surface area contributed by atoms with Crippen molar-refractivity contribution in [1.82, 2.24) is 9.21 Å². The molecule has 0 aliphatic carbocycles. The predicted molar refractivity (Wildman–Crippen MR) is 93.6 cm³/mol. The summed E-state index contributed by atoms with van der Waals surface area (Å²) in [7, 11) is -3.48. The van der Waals surface area contributed by atoms with Gasteiger partial charge in [-0.1, -0.05) is 30.3 Å². The van der Waals surface area contributed by atoms with Crippen molar-refractivity contribution < 1.29 is 17.9 Å². The summed E-state index contributed by atoms with van der Waals surface area (Å²) >= 11 is 0. The molecule has 1 aliphatic heterocycles. The van der Waals surface area contributed by atoms with Crippen molar-refractivity contribution in [3.05, 3.63) is 41.3 Å². The first-order valence-electron chi connectivity index (χ1n) is 8.07. The highest BCUT2D eigenvalue weighted by atomic mass is 32.2. The largest absolute Gasteiger partial charge is 0.369 e. The molecule has 0 bridgehead atoms. The van der Waals surface area contributed by atoms with Crippen molar-refractivity contribution in [3.8, 4) is 0 Å². The number of hydrogen-bond acceptors (Lipinski definition) is 4. The van der Waals surface area contributed by atoms with Crippen molar-refractivity contribution in [2.24, 2.45) is 0 Å². The molecule has 0 N–H and O–H groups in total. The Hall–Kier alpha value is -1.70. The topological polar surface area (TPSA) is 66.9 Å². The fourth-order valence-electron chi connectivity index (χ4n) is 2.56. The Labute approximate surface area is 143 Å². The minimum absolute atomic E-state index is 0.0891. The standard InChI is InChI=1S/C17H24N2O4S/c1-3-23-15(2)17(20)18-10-12-19(13-11-18)24(21,22)14-9-16-7-5-4-6-8-16/h4-9,14-15H,3,10-13H2,1-2H3/b14-9+. The van der Waals surface area contributed by atoms with E-state index >= 15 is 0 Å². The molecule has 1 aliphatic rings. The zero-order valence-electron chi connectivity index (χ0n) is 14.1. The van der Waals surface area contributed by atoms with Gasteiger partial charge in [-0.25, -0.2) is 8.42 Å². The van der Waals surface area contributed by atoms with Crippen LogP contribution in [0.4, 0.5) is 0 Å². The molecule has 0 spiro atoms. The number of piperazine rings is 1. The molecule has 1 amide bonds. The maximum absolute atomic E-state index is 12.4. The molecule has 0 radical (unpaired) electrons. The second-order valence-corrected chi connectivity index (χ2v) is 7.40. The highest BCUT2D eigenvalue weighted by Crippen LogP contribution is 2.12. The van der Waals surface area contributed by atoms with Gasteiger partial charge in [-0.05, 0) is 25.5 Å². The van der Waals surface area contributed by atoms with E-state index in [-0.39, 0.29) is 5.91 Å². The Morgan fingerprint density at radius 3 is 2.42 bits per heavy atom. The number of sulfonamides is 1. The van der Waals surface area contributed by atoms with Crippen LogP contribution in [-0.2, 0) is 19.6 Å². The second-order valence-electron chi connectivity index (χ2n) is 5.58. The van der Waals surface area contributed by atoms with Gasteiger partial charge < -0.3 is 9.64 Å². The Kier molecular flexibility index (Phi) is 6.53. The average molecular weight is 352 g/mol. The van der Waals surface area contributed by atoms with Crippen LogP contribution < -0.4 is 0 Å². The fraction of sp³-hybridized carbons (Fsp3) is 0.471. The van der Waals surface area contributed by atoms with E-state index in [4.69, 9.17) is 4.74 Å². The lowest BCUT2D eigenvalue weighted by Crippen LogP contribution is -2.52. The Morgan fingerprint density at radius 1 is 1.21 bits per heavy atom. The van der Waals surface area contributed by atoms with E-state index in [9.17, 15) is 13.2 Å². The van der Waals surface area contributed by atoms with Crippen LogP contribution in [0.3, 0.4) is 0 Å². The molecule has 2 rings (SSSR count). The summed E-state index contributed by atoms with van der Waals surface area (Å²) in [6.07, 6.45) is 1.10. The molecule has 1 aromatic carbocycles. The van der Waals surface area contributed by atoms with Gasteiger partial charge in [0, 0.05) is 38.2 Å². The van der Waals surface area contributed by atoms with Crippen LogP contribution in [0.5, 0.6) is 0 Å². The van der Waals surface area contributed by atoms with Gasteiger partial charge in [-0.3, -0.25) is 4.79 Å². The first kappa shape index (κ1) is 18.6. The molecule has 0 saturated carbocycles. The van der Waals surface area contributed by atoms with Crippen molar-refractivity contribution in [2.75, 3.05) is 32.8 Å². The van der Waals surface area contributed by atoms with Crippen molar-refractivity contribution >= 4 is 22.0 Å². The molecule has 7 heteroatoms. The normalized spacial score (nSPS) is 18.0. The number of hydrogen-bond donors (Lipinski definition) is 0.